The Morgan fingerprint density at radius 1 is 1.78 bits per heavy atom. The molecule has 0 fully saturated rings. The minimum absolute atomic E-state index is 0.990. The summed E-state index contributed by atoms with van der Waals surface area (Å²) in [7, 11) is 0. The van der Waals surface area contributed by atoms with Crippen LogP contribution in [0, 0.1) is 0 Å². The van der Waals surface area contributed by atoms with Gasteiger partial charge in [0.05, 0.1) is 12.1 Å². The van der Waals surface area contributed by atoms with Crippen molar-refractivity contribution in [2.75, 3.05) is 0 Å². The van der Waals surface area contributed by atoms with E-state index in [0.717, 1.165) is 12.1 Å². The number of aromatic nitrogens is 2. The van der Waals surface area contributed by atoms with Gasteiger partial charge in [-0.25, -0.2) is 4.98 Å². The maximum Gasteiger partial charge on any atom is 0.105 e. The highest BCUT2D eigenvalue weighted by molar-refractivity contribution is 7.96. The SMILES string of the molecule is [N-]=[N+]=NSn1ccnc1. The summed E-state index contributed by atoms with van der Waals surface area (Å²) in [4.78, 5) is 6.28. The Morgan fingerprint density at radius 3 is 3.22 bits per heavy atom. The van der Waals surface area contributed by atoms with Crippen molar-refractivity contribution in [3.8, 4) is 0 Å². The second-order valence-electron chi connectivity index (χ2n) is 1.18. The Morgan fingerprint density at radius 2 is 2.67 bits per heavy atom. The van der Waals surface area contributed by atoms with Gasteiger partial charge in [-0.2, -0.15) is 0 Å². The zero-order valence-corrected chi connectivity index (χ0v) is 5.19. The summed E-state index contributed by atoms with van der Waals surface area (Å²) in [6.07, 6.45) is 4.86. The molecule has 0 aliphatic heterocycles. The van der Waals surface area contributed by atoms with Crippen LogP contribution in [0.2, 0.25) is 0 Å². The van der Waals surface area contributed by atoms with Gasteiger partial charge in [0, 0.05) is 17.3 Å². The Hall–Kier alpha value is -1.13. The highest BCUT2D eigenvalue weighted by atomic mass is 32.2. The van der Waals surface area contributed by atoms with Crippen LogP contribution in [0.5, 0.6) is 0 Å². The molecule has 0 radical (unpaired) electrons. The van der Waals surface area contributed by atoms with Gasteiger partial charge in [-0.05, 0) is 10.1 Å². The van der Waals surface area contributed by atoms with Crippen molar-refractivity contribution in [1.29, 1.82) is 0 Å². The molecule has 0 spiro atoms. The molecular formula is C3H3N5S. The Labute approximate surface area is 55.6 Å². The fourth-order valence-corrected chi connectivity index (χ4v) is 0.676. The number of rotatable bonds is 2. The molecule has 1 aromatic heterocycles. The second kappa shape index (κ2) is 3.01. The number of hydrogen-bond acceptors (Lipinski definition) is 3. The first-order chi connectivity index (χ1) is 4.43. The van der Waals surface area contributed by atoms with Gasteiger partial charge in [0.2, 0.25) is 0 Å². The van der Waals surface area contributed by atoms with Crippen molar-refractivity contribution in [3.05, 3.63) is 29.2 Å². The van der Waals surface area contributed by atoms with Crippen LogP contribution in [0.1, 0.15) is 0 Å². The number of azide groups is 1. The van der Waals surface area contributed by atoms with Crippen molar-refractivity contribution < 1.29 is 0 Å². The average molecular weight is 141 g/mol. The molecule has 9 heavy (non-hydrogen) atoms. The first kappa shape index (κ1) is 6.00. The molecule has 0 aromatic carbocycles. The van der Waals surface area contributed by atoms with Crippen LogP contribution in [0.3, 0.4) is 0 Å². The maximum atomic E-state index is 7.87. The molecule has 1 rings (SSSR count). The number of imidazole rings is 1. The highest BCUT2D eigenvalue weighted by Gasteiger charge is 1.82. The van der Waals surface area contributed by atoms with Gasteiger partial charge in [0.25, 0.3) is 0 Å². The van der Waals surface area contributed by atoms with Gasteiger partial charge in [-0.3, -0.25) is 3.97 Å². The standard InChI is InChI=1S/C3H3N5S/c4-6-7-9-8-2-1-5-3-8/h1-3H. The molecule has 0 bridgehead atoms. The van der Waals surface area contributed by atoms with Crippen LogP contribution in [0.15, 0.2) is 23.2 Å². The van der Waals surface area contributed by atoms with Crippen LogP contribution >= 0.6 is 12.1 Å². The summed E-state index contributed by atoms with van der Waals surface area (Å²) in [5.74, 6) is 0. The highest BCUT2D eigenvalue weighted by Crippen LogP contribution is 2.04. The van der Waals surface area contributed by atoms with E-state index in [1.165, 1.54) is 0 Å². The van der Waals surface area contributed by atoms with Gasteiger partial charge in [0.1, 0.15) is 6.33 Å². The minimum Gasteiger partial charge on any atom is -0.274 e. The molecule has 0 N–H and O–H groups in total. The molecule has 5 nitrogen and oxygen atoms in total. The molecule has 1 heterocycles. The minimum atomic E-state index is 0.990. The van der Waals surface area contributed by atoms with E-state index in [-0.39, 0.29) is 0 Å². The van der Waals surface area contributed by atoms with Crippen LogP contribution in [-0.4, -0.2) is 8.96 Å². The number of hydrogen-bond donors (Lipinski definition) is 0. The Bertz CT molecular complexity index is 210. The van der Waals surface area contributed by atoms with Crippen LogP contribution in [0.25, 0.3) is 10.4 Å². The van der Waals surface area contributed by atoms with E-state index < -0.39 is 0 Å². The van der Waals surface area contributed by atoms with Crippen molar-refractivity contribution >= 4 is 12.1 Å². The van der Waals surface area contributed by atoms with Crippen LogP contribution in [-0.2, 0) is 0 Å². The van der Waals surface area contributed by atoms with E-state index in [2.05, 4.69) is 14.4 Å². The molecule has 6 heteroatoms. The van der Waals surface area contributed by atoms with Gasteiger partial charge >= 0.3 is 0 Å². The Kier molecular flexibility index (Phi) is 2.00. The molecular weight excluding hydrogens is 138 g/mol. The summed E-state index contributed by atoms with van der Waals surface area (Å²) < 4.78 is 4.83. The second-order valence-corrected chi connectivity index (χ2v) is 1.92. The fraction of sp³-hybridized carbons (Fsp3) is 0. The quantitative estimate of drug-likeness (QED) is 0.272. The summed E-state index contributed by atoms with van der Waals surface area (Å²) in [5.41, 5.74) is 7.87. The monoisotopic (exact) mass is 141 g/mol. The van der Waals surface area contributed by atoms with Crippen LogP contribution in [0.4, 0.5) is 0 Å². The van der Waals surface area contributed by atoms with Crippen LogP contribution < -0.4 is 0 Å². The van der Waals surface area contributed by atoms with E-state index in [1.54, 1.807) is 22.7 Å². The lowest BCUT2D eigenvalue weighted by Gasteiger charge is -1.86. The first-order valence-corrected chi connectivity index (χ1v) is 2.86. The topological polar surface area (TPSA) is 66.6 Å². The maximum absolute atomic E-state index is 7.87. The summed E-state index contributed by atoms with van der Waals surface area (Å²) in [6.45, 7) is 0. The number of nitrogens with zero attached hydrogens (tertiary/aromatic N) is 5. The summed E-state index contributed by atoms with van der Waals surface area (Å²) in [5, 5.41) is 0. The predicted octanol–water partition coefficient (Wildman–Crippen LogP) is 1.60. The summed E-state index contributed by atoms with van der Waals surface area (Å²) >= 11 is 0.990. The van der Waals surface area contributed by atoms with Crippen molar-refractivity contribution in [2.45, 2.75) is 0 Å². The third kappa shape index (κ3) is 1.67. The average Bonchev–Trinajstić information content (AvgIpc) is 2.34. The molecule has 0 saturated heterocycles. The lowest BCUT2D eigenvalue weighted by Crippen LogP contribution is -1.73. The van der Waals surface area contributed by atoms with Crippen molar-refractivity contribution in [1.82, 2.24) is 8.96 Å². The molecule has 0 aliphatic rings. The molecule has 0 saturated carbocycles. The lowest BCUT2D eigenvalue weighted by atomic mass is 11.0. The smallest absolute Gasteiger partial charge is 0.105 e. The van der Waals surface area contributed by atoms with E-state index in [0.29, 0.717) is 0 Å². The molecule has 0 aliphatic carbocycles. The predicted molar refractivity (Wildman–Crippen MR) is 34.4 cm³/mol. The van der Waals surface area contributed by atoms with Gasteiger partial charge in [-0.15, -0.1) is 0 Å². The molecule has 1 aromatic rings. The normalized spacial score (nSPS) is 8.44. The van der Waals surface area contributed by atoms with Gasteiger partial charge in [0.15, 0.2) is 0 Å². The van der Waals surface area contributed by atoms with E-state index in [4.69, 9.17) is 5.53 Å². The lowest BCUT2D eigenvalue weighted by molar-refractivity contribution is 1.23. The molecule has 0 atom stereocenters. The third-order valence-electron chi connectivity index (χ3n) is 0.647. The van der Waals surface area contributed by atoms with Crippen molar-refractivity contribution in [2.24, 2.45) is 4.52 Å². The molecule has 0 unspecified atom stereocenters. The van der Waals surface area contributed by atoms with Gasteiger partial charge in [-0.1, -0.05) is 0 Å². The summed E-state index contributed by atoms with van der Waals surface area (Å²) in [6, 6.07) is 0. The molecule has 46 valence electrons. The molecule has 0 amide bonds. The van der Waals surface area contributed by atoms with Crippen molar-refractivity contribution in [3.63, 3.8) is 0 Å². The largest absolute Gasteiger partial charge is 0.274 e. The zero-order valence-electron chi connectivity index (χ0n) is 4.38. The first-order valence-electron chi connectivity index (χ1n) is 2.13. The van der Waals surface area contributed by atoms with E-state index in [9.17, 15) is 0 Å². The van der Waals surface area contributed by atoms with E-state index in [1.807, 2.05) is 0 Å². The Balaban J connectivity index is 2.57. The fourth-order valence-electron chi connectivity index (χ4n) is 0.354. The third-order valence-corrected chi connectivity index (χ3v) is 1.20. The van der Waals surface area contributed by atoms with E-state index >= 15 is 0 Å². The van der Waals surface area contributed by atoms with Gasteiger partial charge < -0.3 is 0 Å². The zero-order chi connectivity index (χ0) is 6.53.